The van der Waals surface area contributed by atoms with Gasteiger partial charge in [-0.2, -0.15) is 5.10 Å². The molecule has 130 valence electrons. The number of nitrogens with one attached hydrogen (secondary N) is 1. The lowest BCUT2D eigenvalue weighted by Gasteiger charge is -2.08. The van der Waals surface area contributed by atoms with Crippen molar-refractivity contribution in [3.63, 3.8) is 0 Å². The number of aromatic nitrogens is 3. The van der Waals surface area contributed by atoms with Crippen LogP contribution in [0.3, 0.4) is 0 Å². The average molecular weight is 364 g/mol. The van der Waals surface area contributed by atoms with Crippen molar-refractivity contribution in [1.29, 1.82) is 0 Å². The summed E-state index contributed by atoms with van der Waals surface area (Å²) in [5.41, 5.74) is 1.62. The molecule has 3 rings (SSSR count). The van der Waals surface area contributed by atoms with Crippen molar-refractivity contribution in [2.75, 3.05) is 6.54 Å². The Morgan fingerprint density at radius 2 is 1.84 bits per heavy atom. The molecule has 2 heterocycles. The number of pyridine rings is 1. The maximum atomic E-state index is 13.6. The van der Waals surface area contributed by atoms with E-state index < -0.39 is 26.6 Å². The first-order valence-corrected chi connectivity index (χ1v) is 8.82. The van der Waals surface area contributed by atoms with Crippen molar-refractivity contribution in [2.45, 2.75) is 11.4 Å². The molecule has 0 saturated heterocycles. The van der Waals surface area contributed by atoms with Crippen LogP contribution < -0.4 is 4.72 Å². The van der Waals surface area contributed by atoms with Crippen LogP contribution in [0.15, 0.2) is 59.9 Å². The van der Waals surface area contributed by atoms with Crippen molar-refractivity contribution in [2.24, 2.45) is 0 Å². The van der Waals surface area contributed by atoms with Gasteiger partial charge >= 0.3 is 0 Å². The molecule has 1 N–H and O–H groups in total. The topological polar surface area (TPSA) is 76.9 Å². The van der Waals surface area contributed by atoms with E-state index in [0.29, 0.717) is 6.07 Å². The summed E-state index contributed by atoms with van der Waals surface area (Å²) in [5, 5.41) is 4.33. The molecule has 2 aromatic heterocycles. The Hall–Kier alpha value is -2.65. The molecular formula is C16H14F2N4O2S. The Bertz CT molecular complexity index is 975. The quantitative estimate of drug-likeness (QED) is 0.727. The monoisotopic (exact) mass is 364 g/mol. The average Bonchev–Trinajstić information content (AvgIpc) is 3.04. The van der Waals surface area contributed by atoms with Crippen LogP contribution in [-0.2, 0) is 16.6 Å². The van der Waals surface area contributed by atoms with Crippen LogP contribution in [0.1, 0.15) is 0 Å². The summed E-state index contributed by atoms with van der Waals surface area (Å²) in [6, 6.07) is 7.74. The zero-order valence-electron chi connectivity index (χ0n) is 12.9. The molecule has 1 aromatic carbocycles. The molecule has 0 bridgehead atoms. The van der Waals surface area contributed by atoms with Gasteiger partial charge in [-0.1, -0.05) is 0 Å². The van der Waals surface area contributed by atoms with Gasteiger partial charge in [0, 0.05) is 36.8 Å². The van der Waals surface area contributed by atoms with Gasteiger partial charge in [0.25, 0.3) is 0 Å². The van der Waals surface area contributed by atoms with Crippen LogP contribution in [-0.4, -0.2) is 29.7 Å². The first-order chi connectivity index (χ1) is 12.0. The second kappa shape index (κ2) is 7.08. The Morgan fingerprint density at radius 1 is 1.08 bits per heavy atom. The molecule has 0 radical (unpaired) electrons. The number of rotatable bonds is 6. The summed E-state index contributed by atoms with van der Waals surface area (Å²) in [5.74, 6) is -1.97. The van der Waals surface area contributed by atoms with E-state index in [1.54, 1.807) is 29.3 Å². The first kappa shape index (κ1) is 17.2. The molecule has 0 aliphatic carbocycles. The molecule has 0 aliphatic heterocycles. The molecule has 0 unspecified atom stereocenters. The molecule has 0 fully saturated rings. The number of hydrogen-bond acceptors (Lipinski definition) is 4. The third-order valence-electron chi connectivity index (χ3n) is 3.43. The number of hydrogen-bond donors (Lipinski definition) is 1. The molecule has 0 atom stereocenters. The zero-order valence-corrected chi connectivity index (χ0v) is 13.7. The van der Waals surface area contributed by atoms with E-state index in [0.717, 1.165) is 23.4 Å². The minimum atomic E-state index is -4.06. The van der Waals surface area contributed by atoms with E-state index >= 15 is 0 Å². The van der Waals surface area contributed by atoms with Gasteiger partial charge in [-0.05, 0) is 30.3 Å². The van der Waals surface area contributed by atoms with Gasteiger partial charge < -0.3 is 0 Å². The van der Waals surface area contributed by atoms with Crippen molar-refractivity contribution in [3.05, 3.63) is 66.6 Å². The SMILES string of the molecule is O=S(=O)(NCCn1ccc(-c2ccncc2)n1)c1ccc(F)cc1F. The lowest BCUT2D eigenvalue weighted by Crippen LogP contribution is -2.28. The highest BCUT2D eigenvalue weighted by Gasteiger charge is 2.19. The summed E-state index contributed by atoms with van der Waals surface area (Å²) in [4.78, 5) is 3.34. The summed E-state index contributed by atoms with van der Waals surface area (Å²) in [6.07, 6.45) is 5.02. The lowest BCUT2D eigenvalue weighted by molar-refractivity contribution is 0.536. The molecular weight excluding hydrogens is 350 g/mol. The van der Waals surface area contributed by atoms with E-state index in [1.165, 1.54) is 0 Å². The van der Waals surface area contributed by atoms with Crippen molar-refractivity contribution in [3.8, 4) is 11.3 Å². The van der Waals surface area contributed by atoms with Gasteiger partial charge in [-0.25, -0.2) is 21.9 Å². The number of benzene rings is 1. The molecule has 0 spiro atoms. The summed E-state index contributed by atoms with van der Waals surface area (Å²) >= 11 is 0. The molecule has 3 aromatic rings. The van der Waals surface area contributed by atoms with Crippen LogP contribution in [0.2, 0.25) is 0 Å². The highest BCUT2D eigenvalue weighted by atomic mass is 32.2. The van der Waals surface area contributed by atoms with Gasteiger partial charge in [0.2, 0.25) is 10.0 Å². The predicted molar refractivity (Wildman–Crippen MR) is 87.0 cm³/mol. The summed E-state index contributed by atoms with van der Waals surface area (Å²) in [7, 11) is -4.06. The van der Waals surface area contributed by atoms with Crippen molar-refractivity contribution < 1.29 is 17.2 Å². The fourth-order valence-electron chi connectivity index (χ4n) is 2.23. The van der Waals surface area contributed by atoms with Crippen molar-refractivity contribution in [1.82, 2.24) is 19.5 Å². The minimum absolute atomic E-state index is 0.0105. The predicted octanol–water partition coefficient (Wildman–Crippen LogP) is 2.20. The van der Waals surface area contributed by atoms with E-state index in [1.807, 2.05) is 12.1 Å². The normalized spacial score (nSPS) is 11.6. The van der Waals surface area contributed by atoms with Gasteiger partial charge in [0.05, 0.1) is 12.2 Å². The van der Waals surface area contributed by atoms with Gasteiger partial charge in [0.1, 0.15) is 16.5 Å². The minimum Gasteiger partial charge on any atom is -0.271 e. The largest absolute Gasteiger partial charge is 0.271 e. The van der Waals surface area contributed by atoms with Gasteiger partial charge in [0.15, 0.2) is 0 Å². The van der Waals surface area contributed by atoms with Crippen molar-refractivity contribution >= 4 is 10.0 Å². The van der Waals surface area contributed by atoms with Crippen LogP contribution >= 0.6 is 0 Å². The molecule has 0 saturated carbocycles. The molecule has 0 aliphatic rings. The van der Waals surface area contributed by atoms with Crippen LogP contribution in [0.5, 0.6) is 0 Å². The maximum Gasteiger partial charge on any atom is 0.243 e. The highest BCUT2D eigenvalue weighted by molar-refractivity contribution is 7.89. The summed E-state index contributed by atoms with van der Waals surface area (Å²) < 4.78 is 54.5. The first-order valence-electron chi connectivity index (χ1n) is 7.34. The Labute approximate surface area is 143 Å². The van der Waals surface area contributed by atoms with E-state index in [4.69, 9.17) is 0 Å². The van der Waals surface area contributed by atoms with Gasteiger partial charge in [-0.15, -0.1) is 0 Å². The lowest BCUT2D eigenvalue weighted by atomic mass is 10.2. The molecule has 0 amide bonds. The third-order valence-corrected chi connectivity index (χ3v) is 4.93. The highest BCUT2D eigenvalue weighted by Crippen LogP contribution is 2.16. The van der Waals surface area contributed by atoms with E-state index in [9.17, 15) is 17.2 Å². The van der Waals surface area contributed by atoms with E-state index in [-0.39, 0.29) is 13.1 Å². The molecule has 9 heteroatoms. The second-order valence-electron chi connectivity index (χ2n) is 5.17. The number of nitrogens with zero attached hydrogens (tertiary/aromatic N) is 3. The molecule has 6 nitrogen and oxygen atoms in total. The maximum absolute atomic E-state index is 13.6. The number of sulfonamides is 1. The fraction of sp³-hybridized carbons (Fsp3) is 0.125. The number of halogens is 2. The summed E-state index contributed by atoms with van der Waals surface area (Å²) in [6.45, 7) is 0.268. The van der Waals surface area contributed by atoms with Crippen LogP contribution in [0.25, 0.3) is 11.3 Å². The Balaban J connectivity index is 1.64. The fourth-order valence-corrected chi connectivity index (χ4v) is 3.31. The Morgan fingerprint density at radius 3 is 2.56 bits per heavy atom. The molecule has 25 heavy (non-hydrogen) atoms. The standard InChI is InChI=1S/C16H14F2N4O2S/c17-13-1-2-16(14(18)11-13)25(23,24)20-8-10-22-9-5-15(21-22)12-3-6-19-7-4-12/h1-7,9,11,20H,8,10H2. The third kappa shape index (κ3) is 4.06. The smallest absolute Gasteiger partial charge is 0.243 e. The second-order valence-corrected chi connectivity index (χ2v) is 6.91. The van der Waals surface area contributed by atoms with Crippen LogP contribution in [0.4, 0.5) is 8.78 Å². The van der Waals surface area contributed by atoms with E-state index in [2.05, 4.69) is 14.8 Å². The Kier molecular flexibility index (Phi) is 4.86. The van der Waals surface area contributed by atoms with Gasteiger partial charge in [-0.3, -0.25) is 9.67 Å². The van der Waals surface area contributed by atoms with Crippen LogP contribution in [0, 0.1) is 11.6 Å². The zero-order chi connectivity index (χ0) is 17.9.